The number of hydrogen-bond donors (Lipinski definition) is 2. The number of carbonyl (C=O) groups excluding carboxylic acids is 1. The van der Waals surface area contributed by atoms with Gasteiger partial charge in [-0.25, -0.2) is 14.7 Å². The van der Waals surface area contributed by atoms with Gasteiger partial charge in [0.15, 0.2) is 0 Å². The average molecular weight is 387 g/mol. The highest BCUT2D eigenvalue weighted by atomic mass is 16.5. The number of nitrogens with zero attached hydrogens (tertiary/aromatic N) is 3. The Balaban J connectivity index is 2.28. The Morgan fingerprint density at radius 2 is 1.96 bits per heavy atom. The van der Waals surface area contributed by atoms with E-state index in [0.717, 1.165) is 12.2 Å². The van der Waals surface area contributed by atoms with Crippen molar-refractivity contribution < 1.29 is 14.3 Å². The second-order valence-corrected chi connectivity index (χ2v) is 6.38. The fourth-order valence-electron chi connectivity index (χ4n) is 2.50. The van der Waals surface area contributed by atoms with Crippen molar-refractivity contribution in [2.75, 3.05) is 37.1 Å². The lowest BCUT2D eigenvalue weighted by molar-refractivity contribution is 0.194. The SMILES string of the molecule is CCOc1ccc(N(C(=O)NCCCOC)c2ccnc(NC(C)C)n2)cc1. The van der Waals surface area contributed by atoms with Gasteiger partial charge in [0.05, 0.1) is 12.3 Å². The number of urea groups is 1. The molecule has 0 atom stereocenters. The lowest BCUT2D eigenvalue weighted by atomic mass is 10.2. The van der Waals surface area contributed by atoms with E-state index >= 15 is 0 Å². The largest absolute Gasteiger partial charge is 0.494 e. The number of anilines is 3. The number of ether oxygens (including phenoxy) is 2. The van der Waals surface area contributed by atoms with Crippen LogP contribution in [0.15, 0.2) is 36.5 Å². The Hall–Kier alpha value is -2.87. The molecule has 0 radical (unpaired) electrons. The minimum absolute atomic E-state index is 0.178. The van der Waals surface area contributed by atoms with Gasteiger partial charge in [0.25, 0.3) is 0 Å². The van der Waals surface area contributed by atoms with Crippen LogP contribution in [0, 0.1) is 0 Å². The maximum absolute atomic E-state index is 12.9. The van der Waals surface area contributed by atoms with Crippen LogP contribution in [0.1, 0.15) is 27.2 Å². The van der Waals surface area contributed by atoms with Crippen LogP contribution in [0.2, 0.25) is 0 Å². The van der Waals surface area contributed by atoms with Crippen molar-refractivity contribution in [1.82, 2.24) is 15.3 Å². The van der Waals surface area contributed by atoms with Crippen molar-refractivity contribution in [3.8, 4) is 5.75 Å². The van der Waals surface area contributed by atoms with Crippen molar-refractivity contribution in [3.63, 3.8) is 0 Å². The molecule has 0 aliphatic heterocycles. The van der Waals surface area contributed by atoms with E-state index in [0.29, 0.717) is 37.2 Å². The van der Waals surface area contributed by atoms with Crippen molar-refractivity contribution >= 4 is 23.5 Å². The van der Waals surface area contributed by atoms with Crippen molar-refractivity contribution in [3.05, 3.63) is 36.5 Å². The molecular weight excluding hydrogens is 358 g/mol. The summed E-state index contributed by atoms with van der Waals surface area (Å²) in [5.74, 6) is 1.69. The number of hydrogen-bond acceptors (Lipinski definition) is 6. The van der Waals surface area contributed by atoms with Gasteiger partial charge in [-0.1, -0.05) is 0 Å². The van der Waals surface area contributed by atoms with Crippen molar-refractivity contribution in [1.29, 1.82) is 0 Å². The Labute approximate surface area is 166 Å². The Kier molecular flexibility index (Phi) is 8.48. The summed E-state index contributed by atoms with van der Waals surface area (Å²) in [5, 5.41) is 6.07. The van der Waals surface area contributed by atoms with E-state index in [4.69, 9.17) is 9.47 Å². The van der Waals surface area contributed by atoms with Gasteiger partial charge in [-0.3, -0.25) is 0 Å². The first-order valence-corrected chi connectivity index (χ1v) is 9.44. The molecule has 2 aromatic rings. The molecule has 0 saturated carbocycles. The van der Waals surface area contributed by atoms with E-state index in [1.165, 1.54) is 4.90 Å². The molecule has 0 bridgehead atoms. The molecule has 28 heavy (non-hydrogen) atoms. The summed E-state index contributed by atoms with van der Waals surface area (Å²) in [5.41, 5.74) is 0.682. The number of carbonyl (C=O) groups is 1. The van der Waals surface area contributed by atoms with Gasteiger partial charge in [0.2, 0.25) is 5.95 Å². The molecule has 8 nitrogen and oxygen atoms in total. The quantitative estimate of drug-likeness (QED) is 0.606. The molecule has 0 aliphatic rings. The van der Waals surface area contributed by atoms with Gasteiger partial charge in [-0.2, -0.15) is 4.98 Å². The molecule has 2 amide bonds. The molecular formula is C20H29N5O3. The lowest BCUT2D eigenvalue weighted by Gasteiger charge is -2.23. The average Bonchev–Trinajstić information content (AvgIpc) is 2.67. The summed E-state index contributed by atoms with van der Waals surface area (Å²) >= 11 is 0. The number of rotatable bonds is 10. The molecule has 0 unspecified atom stereocenters. The minimum Gasteiger partial charge on any atom is -0.494 e. The first kappa shape index (κ1) is 21.4. The molecule has 0 saturated heterocycles. The van der Waals surface area contributed by atoms with E-state index < -0.39 is 0 Å². The zero-order valence-electron chi connectivity index (χ0n) is 16.9. The Morgan fingerprint density at radius 1 is 1.21 bits per heavy atom. The third kappa shape index (κ3) is 6.38. The van der Waals surface area contributed by atoms with E-state index in [1.54, 1.807) is 19.4 Å². The van der Waals surface area contributed by atoms with E-state index in [1.807, 2.05) is 45.0 Å². The van der Waals surface area contributed by atoms with Crippen LogP contribution in [0.3, 0.4) is 0 Å². The highest BCUT2D eigenvalue weighted by Crippen LogP contribution is 2.26. The summed E-state index contributed by atoms with van der Waals surface area (Å²) in [7, 11) is 1.64. The third-order valence-corrected chi connectivity index (χ3v) is 3.70. The van der Waals surface area contributed by atoms with Gasteiger partial charge >= 0.3 is 6.03 Å². The normalized spacial score (nSPS) is 10.6. The summed E-state index contributed by atoms with van der Waals surface area (Å²) < 4.78 is 10.5. The molecule has 1 aromatic carbocycles. The van der Waals surface area contributed by atoms with Crippen molar-refractivity contribution in [2.24, 2.45) is 0 Å². The summed E-state index contributed by atoms with van der Waals surface area (Å²) in [6.07, 6.45) is 2.36. The second-order valence-electron chi connectivity index (χ2n) is 6.38. The molecule has 2 N–H and O–H groups in total. The zero-order valence-corrected chi connectivity index (χ0v) is 16.9. The highest BCUT2D eigenvalue weighted by Gasteiger charge is 2.20. The van der Waals surface area contributed by atoms with E-state index in [-0.39, 0.29) is 12.1 Å². The first-order chi connectivity index (χ1) is 13.5. The van der Waals surface area contributed by atoms with Gasteiger partial charge < -0.3 is 20.1 Å². The van der Waals surface area contributed by atoms with Crippen LogP contribution >= 0.6 is 0 Å². The van der Waals surface area contributed by atoms with Crippen LogP contribution < -0.4 is 20.3 Å². The van der Waals surface area contributed by atoms with Crippen LogP contribution in [-0.2, 0) is 4.74 Å². The highest BCUT2D eigenvalue weighted by molar-refractivity contribution is 5.98. The molecule has 8 heteroatoms. The monoisotopic (exact) mass is 387 g/mol. The summed E-state index contributed by atoms with van der Waals surface area (Å²) in [6.45, 7) is 7.60. The van der Waals surface area contributed by atoms with Gasteiger partial charge in [0, 0.05) is 38.6 Å². The van der Waals surface area contributed by atoms with E-state index in [2.05, 4.69) is 20.6 Å². The number of methoxy groups -OCH3 is 1. The first-order valence-electron chi connectivity index (χ1n) is 9.44. The molecule has 1 heterocycles. The molecule has 2 rings (SSSR count). The van der Waals surface area contributed by atoms with Crippen LogP contribution in [-0.4, -0.2) is 48.9 Å². The summed E-state index contributed by atoms with van der Waals surface area (Å²) in [6, 6.07) is 8.94. The number of aromatic nitrogens is 2. The number of benzene rings is 1. The predicted octanol–water partition coefficient (Wildman–Crippen LogP) is 3.58. The Bertz CT molecular complexity index is 737. The van der Waals surface area contributed by atoms with E-state index in [9.17, 15) is 4.79 Å². The maximum Gasteiger partial charge on any atom is 0.327 e. The van der Waals surface area contributed by atoms with Crippen molar-refractivity contribution in [2.45, 2.75) is 33.2 Å². The minimum atomic E-state index is -0.269. The van der Waals surface area contributed by atoms with Gasteiger partial charge in [-0.15, -0.1) is 0 Å². The fraction of sp³-hybridized carbons (Fsp3) is 0.450. The zero-order chi connectivity index (χ0) is 20.4. The van der Waals surface area contributed by atoms with Gasteiger partial charge in [-0.05, 0) is 51.5 Å². The summed E-state index contributed by atoms with van der Waals surface area (Å²) in [4.78, 5) is 23.2. The topological polar surface area (TPSA) is 88.6 Å². The molecule has 0 fully saturated rings. The van der Waals surface area contributed by atoms with Crippen LogP contribution in [0.25, 0.3) is 0 Å². The predicted molar refractivity (Wildman–Crippen MR) is 110 cm³/mol. The molecule has 0 spiro atoms. The number of amides is 2. The third-order valence-electron chi connectivity index (χ3n) is 3.70. The molecule has 0 aliphatic carbocycles. The fourth-order valence-corrected chi connectivity index (χ4v) is 2.50. The smallest absolute Gasteiger partial charge is 0.327 e. The lowest BCUT2D eigenvalue weighted by Crippen LogP contribution is -2.38. The second kappa shape index (κ2) is 11.1. The Morgan fingerprint density at radius 3 is 2.61 bits per heavy atom. The van der Waals surface area contributed by atoms with Crippen LogP contribution in [0.4, 0.5) is 22.2 Å². The molecule has 152 valence electrons. The standard InChI is InChI=1S/C20H29N5O3/c1-5-28-17-9-7-16(8-10-17)25(20(26)22-12-6-14-27-4)18-11-13-21-19(24-18)23-15(2)3/h7-11,13,15H,5-6,12,14H2,1-4H3,(H,22,26)(H,21,23,24). The maximum atomic E-state index is 12.9. The molecule has 1 aromatic heterocycles. The number of nitrogens with one attached hydrogen (secondary N) is 2. The van der Waals surface area contributed by atoms with Crippen LogP contribution in [0.5, 0.6) is 5.75 Å². The van der Waals surface area contributed by atoms with Gasteiger partial charge in [0.1, 0.15) is 11.6 Å².